The van der Waals surface area contributed by atoms with Crippen molar-refractivity contribution < 1.29 is 0 Å². The molecule has 0 atom stereocenters. The van der Waals surface area contributed by atoms with Crippen LogP contribution >= 0.6 is 35.1 Å². The second-order valence-corrected chi connectivity index (χ2v) is 5.95. The van der Waals surface area contributed by atoms with Gasteiger partial charge in [0.05, 0.1) is 0 Å². The molecule has 18 heavy (non-hydrogen) atoms. The molecule has 0 aliphatic rings. The van der Waals surface area contributed by atoms with E-state index in [-0.39, 0.29) is 0 Å². The summed E-state index contributed by atoms with van der Waals surface area (Å²) < 4.78 is 0. The molecule has 94 valence electrons. The smallest absolute Gasteiger partial charge is 0.189 e. The number of hydrogen-bond acceptors (Lipinski definition) is 4. The Labute approximate surface area is 121 Å². The molecule has 0 fully saturated rings. The first-order valence-electron chi connectivity index (χ1n) is 5.44. The fourth-order valence-electron chi connectivity index (χ4n) is 1.50. The van der Waals surface area contributed by atoms with Gasteiger partial charge in [0, 0.05) is 11.8 Å². The molecular weight excluding hydrogens is 284 g/mol. The molecule has 0 aliphatic heterocycles. The predicted molar refractivity (Wildman–Crippen MR) is 79.6 cm³/mol. The van der Waals surface area contributed by atoms with E-state index in [0.717, 1.165) is 10.8 Å². The summed E-state index contributed by atoms with van der Waals surface area (Å²) in [6.07, 6.45) is 1.95. The van der Waals surface area contributed by atoms with Crippen molar-refractivity contribution in [1.82, 2.24) is 9.97 Å². The van der Waals surface area contributed by atoms with Gasteiger partial charge in [0.1, 0.15) is 10.2 Å². The van der Waals surface area contributed by atoms with Gasteiger partial charge in [0.2, 0.25) is 0 Å². The highest BCUT2D eigenvalue weighted by atomic mass is 35.5. The van der Waals surface area contributed by atoms with Crippen LogP contribution in [-0.2, 0) is 5.75 Å². The maximum atomic E-state index is 5.96. The number of rotatable bonds is 4. The third-order valence-corrected chi connectivity index (χ3v) is 4.03. The highest BCUT2D eigenvalue weighted by molar-refractivity contribution is 7.99. The summed E-state index contributed by atoms with van der Waals surface area (Å²) in [5.41, 5.74) is 2.57. The number of benzene rings is 1. The first-order valence-corrected chi connectivity index (χ1v) is 8.03. The van der Waals surface area contributed by atoms with Gasteiger partial charge in [0.15, 0.2) is 5.16 Å². The van der Waals surface area contributed by atoms with Crippen LogP contribution in [0.3, 0.4) is 0 Å². The Balaban J connectivity index is 2.08. The maximum Gasteiger partial charge on any atom is 0.189 e. The van der Waals surface area contributed by atoms with Crippen LogP contribution in [0, 0.1) is 6.92 Å². The lowest BCUT2D eigenvalue weighted by atomic mass is 10.2. The molecule has 1 aromatic heterocycles. The van der Waals surface area contributed by atoms with Crippen molar-refractivity contribution in [2.75, 3.05) is 6.26 Å². The summed E-state index contributed by atoms with van der Waals surface area (Å²) in [7, 11) is 0. The summed E-state index contributed by atoms with van der Waals surface area (Å²) in [4.78, 5) is 8.55. The van der Waals surface area contributed by atoms with E-state index in [9.17, 15) is 0 Å². The lowest BCUT2D eigenvalue weighted by molar-refractivity contribution is 0.894. The molecule has 2 rings (SSSR count). The molecule has 0 bridgehead atoms. The van der Waals surface area contributed by atoms with E-state index in [4.69, 9.17) is 11.6 Å². The van der Waals surface area contributed by atoms with Crippen molar-refractivity contribution in [3.63, 3.8) is 0 Å². The summed E-state index contributed by atoms with van der Waals surface area (Å²) in [5, 5.41) is 2.14. The van der Waals surface area contributed by atoms with Crippen molar-refractivity contribution >= 4 is 35.1 Å². The van der Waals surface area contributed by atoms with E-state index in [2.05, 4.69) is 41.2 Å². The van der Waals surface area contributed by atoms with Crippen LogP contribution in [0.25, 0.3) is 0 Å². The quantitative estimate of drug-likeness (QED) is 0.473. The number of hydrogen-bond donors (Lipinski definition) is 0. The average molecular weight is 297 g/mol. The largest absolute Gasteiger partial charge is 0.216 e. The summed E-state index contributed by atoms with van der Waals surface area (Å²) in [6, 6.07) is 10.3. The number of aryl methyl sites for hydroxylation is 1. The highest BCUT2D eigenvalue weighted by Crippen LogP contribution is 2.25. The lowest BCUT2D eigenvalue weighted by Crippen LogP contribution is -1.90. The topological polar surface area (TPSA) is 25.8 Å². The van der Waals surface area contributed by atoms with Gasteiger partial charge in [-0.1, -0.05) is 53.2 Å². The third kappa shape index (κ3) is 3.90. The maximum absolute atomic E-state index is 5.96. The van der Waals surface area contributed by atoms with E-state index in [1.807, 2.05) is 12.3 Å². The number of halogens is 1. The Hall–Kier alpha value is -0.710. The minimum Gasteiger partial charge on any atom is -0.216 e. The van der Waals surface area contributed by atoms with Crippen LogP contribution in [0.2, 0.25) is 5.15 Å². The molecule has 0 unspecified atom stereocenters. The van der Waals surface area contributed by atoms with Crippen molar-refractivity contribution in [1.29, 1.82) is 0 Å². The summed E-state index contributed by atoms with van der Waals surface area (Å²) in [5.74, 6) is 0.892. The van der Waals surface area contributed by atoms with Crippen molar-refractivity contribution in [3.05, 3.63) is 46.6 Å². The number of nitrogens with zero attached hydrogens (tertiary/aromatic N) is 2. The standard InChI is InChI=1S/C13H13ClN2S2/c1-9-4-3-5-10(6-9)8-18-12-7-11(14)15-13(16-12)17-2/h3-7H,8H2,1-2H3. The second-order valence-electron chi connectivity index (χ2n) is 3.79. The van der Waals surface area contributed by atoms with E-state index < -0.39 is 0 Å². The zero-order chi connectivity index (χ0) is 13.0. The highest BCUT2D eigenvalue weighted by Gasteiger charge is 2.03. The van der Waals surface area contributed by atoms with Gasteiger partial charge in [-0.15, -0.1) is 11.8 Å². The van der Waals surface area contributed by atoms with E-state index >= 15 is 0 Å². The van der Waals surface area contributed by atoms with Crippen LogP contribution < -0.4 is 0 Å². The lowest BCUT2D eigenvalue weighted by Gasteiger charge is -2.04. The Morgan fingerprint density at radius 1 is 1.22 bits per heavy atom. The Morgan fingerprint density at radius 2 is 2.06 bits per heavy atom. The van der Waals surface area contributed by atoms with Crippen molar-refractivity contribution in [2.45, 2.75) is 22.9 Å². The number of aromatic nitrogens is 2. The van der Waals surface area contributed by atoms with Crippen LogP contribution in [0.1, 0.15) is 11.1 Å². The second kappa shape index (κ2) is 6.45. The minimum absolute atomic E-state index is 0.501. The molecule has 0 saturated heterocycles. The molecule has 0 N–H and O–H groups in total. The molecule has 5 heteroatoms. The molecule has 2 nitrogen and oxygen atoms in total. The van der Waals surface area contributed by atoms with Gasteiger partial charge in [-0.25, -0.2) is 9.97 Å². The van der Waals surface area contributed by atoms with E-state index in [0.29, 0.717) is 10.3 Å². The van der Waals surface area contributed by atoms with E-state index in [1.54, 1.807) is 11.8 Å². The zero-order valence-corrected chi connectivity index (χ0v) is 12.6. The van der Waals surface area contributed by atoms with Gasteiger partial charge >= 0.3 is 0 Å². The van der Waals surface area contributed by atoms with Crippen LogP contribution in [0.5, 0.6) is 0 Å². The number of thioether (sulfide) groups is 2. The van der Waals surface area contributed by atoms with Crippen LogP contribution in [0.4, 0.5) is 0 Å². The van der Waals surface area contributed by atoms with Crippen molar-refractivity contribution in [2.24, 2.45) is 0 Å². The zero-order valence-electron chi connectivity index (χ0n) is 10.2. The first kappa shape index (κ1) is 13.7. The normalized spacial score (nSPS) is 10.6. The molecule has 0 spiro atoms. The fourth-order valence-corrected chi connectivity index (χ4v) is 3.08. The molecule has 1 heterocycles. The molecule has 0 radical (unpaired) electrons. The third-order valence-electron chi connectivity index (χ3n) is 2.30. The molecular formula is C13H13ClN2S2. The van der Waals surface area contributed by atoms with Crippen LogP contribution in [0.15, 0.2) is 40.5 Å². The first-order chi connectivity index (χ1) is 8.67. The van der Waals surface area contributed by atoms with Crippen molar-refractivity contribution in [3.8, 4) is 0 Å². The Morgan fingerprint density at radius 3 is 2.78 bits per heavy atom. The van der Waals surface area contributed by atoms with Gasteiger partial charge < -0.3 is 0 Å². The molecule has 2 aromatic rings. The van der Waals surface area contributed by atoms with Gasteiger partial charge in [-0.2, -0.15) is 0 Å². The summed E-state index contributed by atoms with van der Waals surface area (Å²) in [6.45, 7) is 2.10. The molecule has 0 saturated carbocycles. The Kier molecular flexibility index (Phi) is 4.92. The Bertz CT molecular complexity index is 546. The van der Waals surface area contributed by atoms with Gasteiger partial charge in [-0.05, 0) is 18.7 Å². The van der Waals surface area contributed by atoms with Gasteiger partial charge in [0.25, 0.3) is 0 Å². The van der Waals surface area contributed by atoms with E-state index in [1.165, 1.54) is 22.9 Å². The monoisotopic (exact) mass is 296 g/mol. The minimum atomic E-state index is 0.501. The predicted octanol–water partition coefficient (Wildman–Crippen LogP) is 4.45. The van der Waals surface area contributed by atoms with Gasteiger partial charge in [-0.3, -0.25) is 0 Å². The average Bonchev–Trinajstić information content (AvgIpc) is 2.36. The SMILES string of the molecule is CSc1nc(Cl)cc(SCc2cccc(C)c2)n1. The molecule has 0 aliphatic carbocycles. The summed E-state index contributed by atoms with van der Waals surface area (Å²) >= 11 is 9.14. The van der Waals surface area contributed by atoms with Crippen LogP contribution in [-0.4, -0.2) is 16.2 Å². The molecule has 1 aromatic carbocycles. The molecule has 0 amide bonds. The fraction of sp³-hybridized carbons (Fsp3) is 0.231.